The topological polar surface area (TPSA) is 89.6 Å². The van der Waals surface area contributed by atoms with Gasteiger partial charge < -0.3 is 15.0 Å². The van der Waals surface area contributed by atoms with Crippen LogP contribution in [-0.2, 0) is 4.74 Å². The monoisotopic (exact) mass is 499 g/mol. The van der Waals surface area contributed by atoms with Gasteiger partial charge in [-0.05, 0) is 43.6 Å². The molecule has 6 heterocycles. The molecule has 3 aliphatic heterocycles. The van der Waals surface area contributed by atoms with E-state index in [1.165, 1.54) is 10.7 Å². The Kier molecular flexibility index (Phi) is 5.89. The number of aromatic nitrogens is 5. The van der Waals surface area contributed by atoms with E-state index in [4.69, 9.17) is 4.74 Å². The van der Waals surface area contributed by atoms with Crippen molar-refractivity contribution in [3.8, 4) is 0 Å². The van der Waals surface area contributed by atoms with Gasteiger partial charge in [0.15, 0.2) is 11.3 Å². The van der Waals surface area contributed by atoms with Crippen molar-refractivity contribution in [3.05, 3.63) is 35.9 Å². The zero-order valence-electron chi connectivity index (χ0n) is 20.5. The van der Waals surface area contributed by atoms with Gasteiger partial charge in [0.2, 0.25) is 0 Å². The van der Waals surface area contributed by atoms with Crippen molar-refractivity contribution in [1.29, 1.82) is 0 Å². The van der Waals surface area contributed by atoms with Gasteiger partial charge in [-0.15, -0.1) is 0 Å². The van der Waals surface area contributed by atoms with Gasteiger partial charge in [0, 0.05) is 31.9 Å². The SMILES string of the molecule is CC(C)[C@H]1CC[C@H](n2cc(NC(=O)c3cnn4ccc(N5CC6CC(C5)O6)nc34)c(C(F)F)n2)CC1. The lowest BCUT2D eigenvalue weighted by molar-refractivity contribution is -0.133. The summed E-state index contributed by atoms with van der Waals surface area (Å²) < 4.78 is 36.5. The number of anilines is 2. The molecule has 4 aliphatic rings. The van der Waals surface area contributed by atoms with Crippen LogP contribution in [0.4, 0.5) is 20.3 Å². The van der Waals surface area contributed by atoms with Crippen LogP contribution in [0.15, 0.2) is 24.7 Å². The number of fused-ring (bicyclic) bond motifs is 3. The summed E-state index contributed by atoms with van der Waals surface area (Å²) in [5, 5.41) is 11.1. The number of nitrogens with one attached hydrogen (secondary N) is 1. The summed E-state index contributed by atoms with van der Waals surface area (Å²) in [4.78, 5) is 20.0. The number of nitrogens with zero attached hydrogens (tertiary/aromatic N) is 6. The van der Waals surface area contributed by atoms with E-state index < -0.39 is 18.0 Å². The molecule has 1 N–H and O–H groups in total. The molecule has 192 valence electrons. The maximum atomic E-state index is 13.8. The van der Waals surface area contributed by atoms with Gasteiger partial charge in [-0.1, -0.05) is 13.8 Å². The van der Waals surface area contributed by atoms with E-state index in [0.29, 0.717) is 17.5 Å². The fourth-order valence-electron chi connectivity index (χ4n) is 5.81. The van der Waals surface area contributed by atoms with Crippen molar-refractivity contribution in [1.82, 2.24) is 24.4 Å². The molecule has 0 radical (unpaired) electrons. The second-order valence-corrected chi connectivity index (χ2v) is 10.6. The van der Waals surface area contributed by atoms with Crippen LogP contribution < -0.4 is 10.2 Å². The summed E-state index contributed by atoms with van der Waals surface area (Å²) in [7, 11) is 0. The van der Waals surface area contributed by atoms with E-state index in [9.17, 15) is 13.6 Å². The number of morpholine rings is 1. The van der Waals surface area contributed by atoms with E-state index in [2.05, 4.69) is 39.2 Å². The fraction of sp³-hybridized carbons (Fsp3) is 0.600. The minimum Gasteiger partial charge on any atom is -0.371 e. The molecule has 11 heteroatoms. The maximum absolute atomic E-state index is 13.8. The summed E-state index contributed by atoms with van der Waals surface area (Å²) in [6.45, 7) is 5.96. The number of alkyl halides is 2. The highest BCUT2D eigenvalue weighted by atomic mass is 19.3. The smallest absolute Gasteiger partial charge is 0.284 e. The first kappa shape index (κ1) is 23.3. The molecule has 1 amide bonds. The van der Waals surface area contributed by atoms with Crippen LogP contribution in [0.25, 0.3) is 5.65 Å². The summed E-state index contributed by atoms with van der Waals surface area (Å²) in [5.41, 5.74) is 0.223. The van der Waals surface area contributed by atoms with Crippen molar-refractivity contribution in [3.63, 3.8) is 0 Å². The molecule has 9 nitrogen and oxygen atoms in total. The predicted molar refractivity (Wildman–Crippen MR) is 129 cm³/mol. The van der Waals surface area contributed by atoms with E-state index in [0.717, 1.165) is 51.0 Å². The highest BCUT2D eigenvalue weighted by molar-refractivity contribution is 6.08. The van der Waals surface area contributed by atoms with Crippen LogP contribution in [0.5, 0.6) is 0 Å². The molecule has 7 rings (SSSR count). The first-order valence-corrected chi connectivity index (χ1v) is 12.8. The summed E-state index contributed by atoms with van der Waals surface area (Å²) in [5.74, 6) is 1.48. The van der Waals surface area contributed by atoms with Crippen molar-refractivity contribution >= 4 is 23.1 Å². The van der Waals surface area contributed by atoms with E-state index in [-0.39, 0.29) is 29.5 Å². The molecule has 2 bridgehead atoms. The van der Waals surface area contributed by atoms with Crippen LogP contribution in [0, 0.1) is 11.8 Å². The lowest BCUT2D eigenvalue weighted by atomic mass is 9.80. The number of carbonyl (C=O) groups excluding carboxylic acids is 1. The van der Waals surface area contributed by atoms with Crippen LogP contribution in [0.2, 0.25) is 0 Å². The molecule has 36 heavy (non-hydrogen) atoms. The number of amides is 1. The van der Waals surface area contributed by atoms with Gasteiger partial charge in [0.1, 0.15) is 11.4 Å². The number of ether oxygens (including phenoxy) is 1. The Morgan fingerprint density at radius 3 is 2.56 bits per heavy atom. The Morgan fingerprint density at radius 1 is 1.17 bits per heavy atom. The van der Waals surface area contributed by atoms with Crippen molar-refractivity contribution in [2.45, 2.75) is 70.6 Å². The summed E-state index contributed by atoms with van der Waals surface area (Å²) >= 11 is 0. The molecule has 3 aromatic rings. The second-order valence-electron chi connectivity index (χ2n) is 10.6. The highest BCUT2D eigenvalue weighted by Gasteiger charge is 2.39. The van der Waals surface area contributed by atoms with Gasteiger partial charge in [-0.25, -0.2) is 18.3 Å². The Morgan fingerprint density at radius 2 is 1.89 bits per heavy atom. The van der Waals surface area contributed by atoms with Crippen LogP contribution >= 0.6 is 0 Å². The first-order chi connectivity index (χ1) is 17.4. The van der Waals surface area contributed by atoms with Gasteiger partial charge >= 0.3 is 0 Å². The number of halogens is 2. The van der Waals surface area contributed by atoms with Crippen LogP contribution in [-0.4, -0.2) is 55.6 Å². The highest BCUT2D eigenvalue weighted by Crippen LogP contribution is 2.37. The lowest BCUT2D eigenvalue weighted by Crippen LogP contribution is -2.57. The van der Waals surface area contributed by atoms with Crippen molar-refractivity contribution < 1.29 is 18.3 Å². The number of rotatable bonds is 6. The molecule has 0 aromatic carbocycles. The molecular weight excluding hydrogens is 468 g/mol. The zero-order chi connectivity index (χ0) is 25.0. The number of hydrogen-bond acceptors (Lipinski definition) is 6. The third-order valence-corrected chi connectivity index (χ3v) is 7.96. The average Bonchev–Trinajstić information content (AvgIpc) is 3.48. The first-order valence-electron chi connectivity index (χ1n) is 12.8. The summed E-state index contributed by atoms with van der Waals surface area (Å²) in [6, 6.07) is 1.92. The molecule has 3 aromatic heterocycles. The fourth-order valence-corrected chi connectivity index (χ4v) is 5.81. The van der Waals surface area contributed by atoms with Gasteiger partial charge in [0.05, 0.1) is 30.1 Å². The Balaban J connectivity index is 1.22. The normalized spacial score (nSPS) is 26.0. The standard InChI is InChI=1S/C25H31F2N7O2/c1-14(2)15-3-5-16(6-4-15)34-13-20(22(31-34)23(26)27)29-25(35)19-10-28-33-8-7-21(30-24(19)33)32-11-17-9-18(12-32)36-17/h7-8,10,13-18,23H,3-6,9,11-12H2,1-2H3,(H,29,35)/t15-,16-,17?,18?. The lowest BCUT2D eigenvalue weighted by Gasteiger charge is -2.47. The minimum absolute atomic E-state index is 0.0322. The van der Waals surface area contributed by atoms with Crippen LogP contribution in [0.1, 0.15) is 74.5 Å². The molecule has 2 atom stereocenters. The van der Waals surface area contributed by atoms with Gasteiger partial charge in [0.25, 0.3) is 12.3 Å². The number of carbonyl (C=O) groups is 1. The largest absolute Gasteiger partial charge is 0.371 e. The summed E-state index contributed by atoms with van der Waals surface area (Å²) in [6.07, 6.45) is 7.32. The minimum atomic E-state index is -2.80. The molecule has 1 saturated carbocycles. The van der Waals surface area contributed by atoms with E-state index >= 15 is 0 Å². The Bertz CT molecular complexity index is 1250. The second kappa shape index (κ2) is 9.10. The van der Waals surface area contributed by atoms with E-state index in [1.807, 2.05) is 6.07 Å². The third kappa shape index (κ3) is 4.23. The van der Waals surface area contributed by atoms with Gasteiger partial charge in [-0.2, -0.15) is 10.2 Å². The predicted octanol–water partition coefficient (Wildman–Crippen LogP) is 4.48. The van der Waals surface area contributed by atoms with Crippen molar-refractivity contribution in [2.24, 2.45) is 11.8 Å². The number of piperidine rings is 1. The van der Waals surface area contributed by atoms with Gasteiger partial charge in [-0.3, -0.25) is 9.48 Å². The quantitative estimate of drug-likeness (QED) is 0.538. The average molecular weight is 500 g/mol. The molecule has 3 saturated heterocycles. The van der Waals surface area contributed by atoms with E-state index in [1.54, 1.807) is 17.1 Å². The van der Waals surface area contributed by atoms with Crippen LogP contribution in [0.3, 0.4) is 0 Å². The molecule has 4 fully saturated rings. The zero-order valence-corrected chi connectivity index (χ0v) is 20.5. The molecular formula is C25H31F2N7O2. The van der Waals surface area contributed by atoms with Crippen molar-refractivity contribution in [2.75, 3.05) is 23.3 Å². The Labute approximate surface area is 207 Å². The molecule has 0 spiro atoms. The Hall–Kier alpha value is -3.08. The molecule has 1 aliphatic carbocycles. The third-order valence-electron chi connectivity index (χ3n) is 7.96. The number of hydrogen-bond donors (Lipinski definition) is 1. The maximum Gasteiger partial charge on any atom is 0.284 e. The molecule has 2 unspecified atom stereocenters.